The average Bonchev–Trinajstić information content (AvgIpc) is 2.02. The maximum Gasteiger partial charge on any atom is 0.0345 e. The second kappa shape index (κ2) is 5.15. The van der Waals surface area contributed by atoms with Crippen LogP contribution in [0.1, 0.15) is 12.8 Å². The summed E-state index contributed by atoms with van der Waals surface area (Å²) < 4.78 is 0. The molecule has 0 aromatic rings. The number of halogens is 1. The number of hydrogen-bond acceptors (Lipinski definition) is 3. The molecule has 2 saturated heterocycles. The lowest BCUT2D eigenvalue weighted by atomic mass is 9.96. The molecule has 0 aromatic carbocycles. The van der Waals surface area contributed by atoms with Crippen LogP contribution in [0.2, 0.25) is 0 Å². The van der Waals surface area contributed by atoms with Gasteiger partial charge in [-0.05, 0) is 31.8 Å². The molecule has 0 spiro atoms. The fourth-order valence-electron chi connectivity index (χ4n) is 2.15. The molecule has 2 aliphatic rings. The summed E-state index contributed by atoms with van der Waals surface area (Å²) in [5.74, 6) is 0.763. The van der Waals surface area contributed by atoms with Crippen molar-refractivity contribution in [2.45, 2.75) is 18.9 Å². The number of nitrogens with one attached hydrogen (secondary N) is 1. The van der Waals surface area contributed by atoms with Gasteiger partial charge >= 0.3 is 0 Å². The van der Waals surface area contributed by atoms with Crippen LogP contribution in [0.5, 0.6) is 0 Å². The summed E-state index contributed by atoms with van der Waals surface area (Å²) in [5.41, 5.74) is 5.68. The minimum Gasteiger partial charge on any atom is -0.330 e. The fourth-order valence-corrected chi connectivity index (χ4v) is 2.15. The first-order valence-electron chi connectivity index (χ1n) is 5.05. The van der Waals surface area contributed by atoms with Gasteiger partial charge in [0, 0.05) is 25.7 Å². The Morgan fingerprint density at radius 2 is 2.15 bits per heavy atom. The minimum atomic E-state index is 0. The van der Waals surface area contributed by atoms with E-state index in [2.05, 4.69) is 10.2 Å². The Bertz CT molecular complexity index is 150. The molecule has 0 aromatic heterocycles. The molecule has 0 amide bonds. The predicted molar refractivity (Wildman–Crippen MR) is 57.3 cm³/mol. The fraction of sp³-hybridized carbons (Fsp3) is 1.00. The number of nitrogens with zero attached hydrogens (tertiary/aromatic N) is 1. The summed E-state index contributed by atoms with van der Waals surface area (Å²) in [6.45, 7) is 5.79. The molecule has 0 saturated carbocycles. The Balaban J connectivity index is 0.000000845. The molecule has 78 valence electrons. The zero-order valence-electron chi connectivity index (χ0n) is 8.04. The van der Waals surface area contributed by atoms with Gasteiger partial charge < -0.3 is 11.1 Å². The van der Waals surface area contributed by atoms with E-state index in [0.29, 0.717) is 0 Å². The first-order valence-corrected chi connectivity index (χ1v) is 5.05. The maximum atomic E-state index is 5.68. The smallest absolute Gasteiger partial charge is 0.0345 e. The van der Waals surface area contributed by atoms with Gasteiger partial charge in [0.05, 0.1) is 0 Å². The molecule has 2 rings (SSSR count). The highest BCUT2D eigenvalue weighted by Gasteiger charge is 2.28. The molecular weight excluding hydrogens is 186 g/mol. The van der Waals surface area contributed by atoms with Crippen LogP contribution in [0.4, 0.5) is 0 Å². The van der Waals surface area contributed by atoms with Crippen molar-refractivity contribution in [3.63, 3.8) is 0 Å². The Morgan fingerprint density at radius 3 is 2.69 bits per heavy atom. The van der Waals surface area contributed by atoms with Crippen LogP contribution in [0.25, 0.3) is 0 Å². The number of piperidine rings is 1. The Labute approximate surface area is 86.4 Å². The van der Waals surface area contributed by atoms with Crippen LogP contribution in [0.3, 0.4) is 0 Å². The first-order chi connectivity index (χ1) is 5.90. The SMILES string of the molecule is Cl.NCC1CCCN(C2CNC2)C1. The molecule has 1 atom stereocenters. The molecule has 4 heteroatoms. The predicted octanol–water partition coefficient (Wildman–Crippen LogP) is 0.0507. The van der Waals surface area contributed by atoms with Crippen LogP contribution >= 0.6 is 12.4 Å². The number of rotatable bonds is 2. The van der Waals surface area contributed by atoms with E-state index in [9.17, 15) is 0 Å². The third-order valence-electron chi connectivity index (χ3n) is 3.16. The van der Waals surface area contributed by atoms with Crippen molar-refractivity contribution in [1.82, 2.24) is 10.2 Å². The highest BCUT2D eigenvalue weighted by molar-refractivity contribution is 5.85. The van der Waals surface area contributed by atoms with Gasteiger partial charge in [-0.25, -0.2) is 0 Å². The van der Waals surface area contributed by atoms with Crippen molar-refractivity contribution in [2.24, 2.45) is 11.7 Å². The second-order valence-electron chi connectivity index (χ2n) is 4.05. The molecule has 3 nitrogen and oxygen atoms in total. The third-order valence-corrected chi connectivity index (χ3v) is 3.16. The maximum absolute atomic E-state index is 5.68. The van der Waals surface area contributed by atoms with Crippen LogP contribution in [-0.2, 0) is 0 Å². The van der Waals surface area contributed by atoms with Gasteiger partial charge in [0.2, 0.25) is 0 Å². The third kappa shape index (κ3) is 2.56. The van der Waals surface area contributed by atoms with Crippen molar-refractivity contribution in [3.8, 4) is 0 Å². The number of nitrogens with two attached hydrogens (primary N) is 1. The molecule has 2 heterocycles. The Hall–Kier alpha value is 0.170. The summed E-state index contributed by atoms with van der Waals surface area (Å²) in [6.07, 6.45) is 2.69. The van der Waals surface area contributed by atoms with Gasteiger partial charge in [-0.3, -0.25) is 4.90 Å². The van der Waals surface area contributed by atoms with E-state index in [1.165, 1.54) is 39.0 Å². The van der Waals surface area contributed by atoms with E-state index in [0.717, 1.165) is 18.5 Å². The summed E-state index contributed by atoms with van der Waals surface area (Å²) >= 11 is 0. The van der Waals surface area contributed by atoms with Gasteiger partial charge in [-0.15, -0.1) is 12.4 Å². The zero-order valence-corrected chi connectivity index (χ0v) is 8.85. The molecule has 1 unspecified atom stereocenters. The van der Waals surface area contributed by atoms with Gasteiger partial charge in [-0.2, -0.15) is 0 Å². The van der Waals surface area contributed by atoms with Crippen LogP contribution in [-0.4, -0.2) is 43.7 Å². The monoisotopic (exact) mass is 205 g/mol. The van der Waals surface area contributed by atoms with E-state index in [-0.39, 0.29) is 12.4 Å². The molecular formula is C9H20ClN3. The van der Waals surface area contributed by atoms with Gasteiger partial charge in [0.1, 0.15) is 0 Å². The summed E-state index contributed by atoms with van der Waals surface area (Å²) in [7, 11) is 0. The summed E-state index contributed by atoms with van der Waals surface area (Å²) in [4.78, 5) is 2.61. The molecule has 0 bridgehead atoms. The lowest BCUT2D eigenvalue weighted by Crippen LogP contribution is -2.59. The van der Waals surface area contributed by atoms with E-state index >= 15 is 0 Å². The standard InChI is InChI=1S/C9H19N3.ClH/c10-4-8-2-1-3-12(7-8)9-5-11-6-9;/h8-9,11H,1-7,10H2;1H. The van der Waals surface area contributed by atoms with Crippen molar-refractivity contribution in [2.75, 3.05) is 32.7 Å². The lowest BCUT2D eigenvalue weighted by Gasteiger charge is -2.42. The summed E-state index contributed by atoms with van der Waals surface area (Å²) in [6, 6.07) is 0.819. The van der Waals surface area contributed by atoms with E-state index in [1.54, 1.807) is 0 Å². The van der Waals surface area contributed by atoms with E-state index in [1.807, 2.05) is 0 Å². The second-order valence-corrected chi connectivity index (χ2v) is 4.05. The van der Waals surface area contributed by atoms with E-state index in [4.69, 9.17) is 5.73 Å². The van der Waals surface area contributed by atoms with Crippen molar-refractivity contribution < 1.29 is 0 Å². The van der Waals surface area contributed by atoms with Gasteiger partial charge in [0.25, 0.3) is 0 Å². The molecule has 2 aliphatic heterocycles. The average molecular weight is 206 g/mol. The highest BCUT2D eigenvalue weighted by atomic mass is 35.5. The van der Waals surface area contributed by atoms with Crippen molar-refractivity contribution >= 4 is 12.4 Å². The molecule has 2 fully saturated rings. The lowest BCUT2D eigenvalue weighted by molar-refractivity contribution is 0.0931. The minimum absolute atomic E-state index is 0. The largest absolute Gasteiger partial charge is 0.330 e. The quantitative estimate of drug-likeness (QED) is 0.670. The first kappa shape index (κ1) is 11.2. The van der Waals surface area contributed by atoms with Crippen LogP contribution in [0.15, 0.2) is 0 Å². The molecule has 13 heavy (non-hydrogen) atoms. The van der Waals surface area contributed by atoms with Gasteiger partial charge in [0.15, 0.2) is 0 Å². The number of hydrogen-bond donors (Lipinski definition) is 2. The molecule has 0 radical (unpaired) electrons. The highest BCUT2D eigenvalue weighted by Crippen LogP contribution is 2.18. The molecule has 0 aliphatic carbocycles. The van der Waals surface area contributed by atoms with Crippen LogP contribution in [0, 0.1) is 5.92 Å². The Kier molecular flexibility index (Phi) is 4.46. The normalized spacial score (nSPS) is 30.7. The topological polar surface area (TPSA) is 41.3 Å². The van der Waals surface area contributed by atoms with Crippen LogP contribution < -0.4 is 11.1 Å². The van der Waals surface area contributed by atoms with Crippen molar-refractivity contribution in [1.29, 1.82) is 0 Å². The number of likely N-dealkylation sites (tertiary alicyclic amines) is 1. The zero-order chi connectivity index (χ0) is 8.39. The van der Waals surface area contributed by atoms with Crippen molar-refractivity contribution in [3.05, 3.63) is 0 Å². The molecule has 3 N–H and O–H groups in total. The van der Waals surface area contributed by atoms with E-state index < -0.39 is 0 Å². The Morgan fingerprint density at radius 1 is 1.38 bits per heavy atom. The van der Waals surface area contributed by atoms with Gasteiger partial charge in [-0.1, -0.05) is 0 Å². The summed E-state index contributed by atoms with van der Waals surface area (Å²) in [5, 5.41) is 3.32.